The Morgan fingerprint density at radius 3 is 2.59 bits per heavy atom. The highest BCUT2D eigenvalue weighted by Crippen LogP contribution is 2.25. The van der Waals surface area contributed by atoms with Crippen molar-refractivity contribution in [3.63, 3.8) is 0 Å². The number of aromatic nitrogens is 1. The highest BCUT2D eigenvalue weighted by atomic mass is 16.6. The average Bonchev–Trinajstić information content (AvgIpc) is 3.05. The SMILES string of the molecule is C[C@@H]1c2cccn2CCN1C(=O)CN1CCN(C(=O)OC(C)(C)C)CC1=O. The molecule has 148 valence electrons. The van der Waals surface area contributed by atoms with E-state index in [-0.39, 0.29) is 30.9 Å². The predicted octanol–water partition coefficient (Wildman–Crippen LogP) is 1.47. The predicted molar refractivity (Wildman–Crippen MR) is 98.9 cm³/mol. The summed E-state index contributed by atoms with van der Waals surface area (Å²) >= 11 is 0. The molecule has 0 saturated carbocycles. The van der Waals surface area contributed by atoms with Gasteiger partial charge in [-0.2, -0.15) is 0 Å². The largest absolute Gasteiger partial charge is 0.444 e. The van der Waals surface area contributed by atoms with Gasteiger partial charge in [-0.05, 0) is 39.8 Å². The van der Waals surface area contributed by atoms with E-state index in [0.717, 1.165) is 12.2 Å². The van der Waals surface area contributed by atoms with Gasteiger partial charge in [0.05, 0.1) is 12.6 Å². The summed E-state index contributed by atoms with van der Waals surface area (Å²) in [5.41, 5.74) is 0.505. The molecule has 2 aliphatic rings. The molecule has 27 heavy (non-hydrogen) atoms. The summed E-state index contributed by atoms with van der Waals surface area (Å²) in [7, 11) is 0. The quantitative estimate of drug-likeness (QED) is 0.783. The van der Waals surface area contributed by atoms with Crippen LogP contribution in [0.15, 0.2) is 18.3 Å². The van der Waals surface area contributed by atoms with Gasteiger partial charge >= 0.3 is 6.09 Å². The lowest BCUT2D eigenvalue weighted by molar-refractivity contribution is -0.145. The molecular formula is C19H28N4O4. The minimum atomic E-state index is -0.602. The lowest BCUT2D eigenvalue weighted by Crippen LogP contribution is -2.56. The number of hydrogen-bond donors (Lipinski definition) is 0. The zero-order chi connectivity index (χ0) is 19.8. The van der Waals surface area contributed by atoms with Crippen molar-refractivity contribution in [1.29, 1.82) is 0 Å². The van der Waals surface area contributed by atoms with Crippen molar-refractivity contribution < 1.29 is 19.1 Å². The van der Waals surface area contributed by atoms with Gasteiger partial charge in [-0.1, -0.05) is 0 Å². The molecule has 0 spiro atoms. The summed E-state index contributed by atoms with van der Waals surface area (Å²) in [6, 6.07) is 3.99. The van der Waals surface area contributed by atoms with Crippen LogP contribution in [-0.2, 0) is 20.9 Å². The Labute approximate surface area is 159 Å². The molecule has 8 heteroatoms. The Morgan fingerprint density at radius 1 is 1.19 bits per heavy atom. The number of nitrogens with zero attached hydrogens (tertiary/aromatic N) is 4. The van der Waals surface area contributed by atoms with Crippen molar-refractivity contribution in [1.82, 2.24) is 19.3 Å². The summed E-state index contributed by atoms with van der Waals surface area (Å²) < 4.78 is 7.47. The van der Waals surface area contributed by atoms with Crippen LogP contribution < -0.4 is 0 Å². The summed E-state index contributed by atoms with van der Waals surface area (Å²) in [5.74, 6) is -0.289. The number of carbonyl (C=O) groups is 3. The third-order valence-electron chi connectivity index (χ3n) is 4.96. The van der Waals surface area contributed by atoms with Crippen molar-refractivity contribution in [2.75, 3.05) is 32.7 Å². The highest BCUT2D eigenvalue weighted by Gasteiger charge is 2.33. The summed E-state index contributed by atoms with van der Waals surface area (Å²) in [6.07, 6.45) is 1.53. The van der Waals surface area contributed by atoms with Crippen LogP contribution in [0.1, 0.15) is 39.4 Å². The molecule has 3 heterocycles. The van der Waals surface area contributed by atoms with Crippen LogP contribution in [0.25, 0.3) is 0 Å². The topological polar surface area (TPSA) is 75.1 Å². The van der Waals surface area contributed by atoms with Crippen LogP contribution in [0.2, 0.25) is 0 Å². The molecule has 8 nitrogen and oxygen atoms in total. The van der Waals surface area contributed by atoms with Gasteiger partial charge in [-0.15, -0.1) is 0 Å². The minimum absolute atomic E-state index is 0.0144. The van der Waals surface area contributed by atoms with Crippen molar-refractivity contribution >= 4 is 17.9 Å². The average molecular weight is 376 g/mol. The highest BCUT2D eigenvalue weighted by molar-refractivity contribution is 5.88. The van der Waals surface area contributed by atoms with Crippen molar-refractivity contribution in [3.05, 3.63) is 24.0 Å². The fourth-order valence-electron chi connectivity index (χ4n) is 3.53. The second-order valence-corrected chi connectivity index (χ2v) is 8.11. The Morgan fingerprint density at radius 2 is 1.93 bits per heavy atom. The fourth-order valence-corrected chi connectivity index (χ4v) is 3.53. The first kappa shape index (κ1) is 19.3. The maximum Gasteiger partial charge on any atom is 0.410 e. The molecule has 3 rings (SSSR count). The molecule has 1 aromatic rings. The van der Waals surface area contributed by atoms with Crippen molar-refractivity contribution in [3.8, 4) is 0 Å². The number of ether oxygens (including phenoxy) is 1. The van der Waals surface area contributed by atoms with E-state index in [2.05, 4.69) is 4.57 Å². The fraction of sp³-hybridized carbons (Fsp3) is 0.632. The van der Waals surface area contributed by atoms with Gasteiger partial charge < -0.3 is 19.1 Å². The van der Waals surface area contributed by atoms with E-state index in [9.17, 15) is 14.4 Å². The lowest BCUT2D eigenvalue weighted by Gasteiger charge is -2.38. The number of fused-ring (bicyclic) bond motifs is 1. The first-order valence-corrected chi connectivity index (χ1v) is 9.36. The third kappa shape index (κ3) is 4.26. The summed E-state index contributed by atoms with van der Waals surface area (Å²) in [6.45, 7) is 9.46. The first-order chi connectivity index (χ1) is 12.7. The van der Waals surface area contributed by atoms with Gasteiger partial charge in [0, 0.05) is 38.1 Å². The van der Waals surface area contributed by atoms with Crippen LogP contribution in [-0.4, -0.2) is 75.5 Å². The minimum Gasteiger partial charge on any atom is -0.444 e. The molecule has 0 aromatic carbocycles. The molecule has 1 atom stereocenters. The Hall–Kier alpha value is -2.51. The van der Waals surface area contributed by atoms with Gasteiger partial charge in [0.15, 0.2) is 0 Å². The van der Waals surface area contributed by atoms with Gasteiger partial charge in [0.25, 0.3) is 0 Å². The van der Waals surface area contributed by atoms with Crippen LogP contribution in [0, 0.1) is 0 Å². The van der Waals surface area contributed by atoms with E-state index in [0.29, 0.717) is 19.6 Å². The Kier molecular flexibility index (Phi) is 5.17. The van der Waals surface area contributed by atoms with E-state index in [1.54, 1.807) is 20.8 Å². The molecule has 1 aromatic heterocycles. The summed E-state index contributed by atoms with van der Waals surface area (Å²) in [4.78, 5) is 42.1. The maximum absolute atomic E-state index is 12.8. The van der Waals surface area contributed by atoms with Gasteiger partial charge in [-0.3, -0.25) is 14.5 Å². The Bertz CT molecular complexity index is 736. The van der Waals surface area contributed by atoms with E-state index in [4.69, 9.17) is 4.74 Å². The number of rotatable bonds is 2. The molecule has 0 aliphatic carbocycles. The molecule has 0 bridgehead atoms. The zero-order valence-corrected chi connectivity index (χ0v) is 16.5. The maximum atomic E-state index is 12.8. The molecule has 0 radical (unpaired) electrons. The van der Waals surface area contributed by atoms with Crippen molar-refractivity contribution in [2.24, 2.45) is 0 Å². The van der Waals surface area contributed by atoms with E-state index >= 15 is 0 Å². The van der Waals surface area contributed by atoms with Crippen LogP contribution in [0.4, 0.5) is 4.79 Å². The van der Waals surface area contributed by atoms with E-state index in [1.165, 1.54) is 9.80 Å². The molecule has 3 amide bonds. The summed E-state index contributed by atoms with van der Waals surface area (Å²) in [5, 5.41) is 0. The molecule has 0 N–H and O–H groups in total. The third-order valence-corrected chi connectivity index (χ3v) is 4.96. The number of piperazine rings is 1. The van der Waals surface area contributed by atoms with E-state index < -0.39 is 11.7 Å². The number of carbonyl (C=O) groups excluding carboxylic acids is 3. The molecule has 0 unspecified atom stereocenters. The molecule has 2 aliphatic heterocycles. The van der Waals surface area contributed by atoms with Crippen LogP contribution in [0.3, 0.4) is 0 Å². The van der Waals surface area contributed by atoms with Crippen molar-refractivity contribution in [2.45, 2.75) is 45.9 Å². The van der Waals surface area contributed by atoms with E-state index in [1.807, 2.05) is 30.2 Å². The second kappa shape index (κ2) is 7.25. The Balaban J connectivity index is 1.56. The lowest BCUT2D eigenvalue weighted by atomic mass is 10.1. The number of amides is 3. The normalized spacial score (nSPS) is 20.5. The smallest absolute Gasteiger partial charge is 0.410 e. The molecule has 1 saturated heterocycles. The number of hydrogen-bond acceptors (Lipinski definition) is 4. The molecular weight excluding hydrogens is 348 g/mol. The van der Waals surface area contributed by atoms with Gasteiger partial charge in [-0.25, -0.2) is 4.79 Å². The van der Waals surface area contributed by atoms with Gasteiger partial charge in [0.2, 0.25) is 11.8 Å². The van der Waals surface area contributed by atoms with Gasteiger partial charge in [0.1, 0.15) is 12.1 Å². The molecule has 1 fully saturated rings. The zero-order valence-electron chi connectivity index (χ0n) is 16.5. The first-order valence-electron chi connectivity index (χ1n) is 9.36. The standard InChI is InChI=1S/C19H28N4O4/c1-14-15-6-5-7-20(15)10-11-23(14)17(25)13-21-8-9-22(12-16(21)24)18(26)27-19(2,3)4/h5-7,14H,8-13H2,1-4H3/t14-/m1/s1. The van der Waals surface area contributed by atoms with Crippen LogP contribution in [0.5, 0.6) is 0 Å². The monoisotopic (exact) mass is 376 g/mol. The van der Waals surface area contributed by atoms with Crippen LogP contribution >= 0.6 is 0 Å². The second-order valence-electron chi connectivity index (χ2n) is 8.11.